The summed E-state index contributed by atoms with van der Waals surface area (Å²) in [6.45, 7) is 0. The fraction of sp³-hybridized carbons (Fsp3) is 0. The number of para-hydroxylation sites is 1. The van der Waals surface area contributed by atoms with Crippen LogP contribution >= 0.6 is 11.6 Å². The van der Waals surface area contributed by atoms with Gasteiger partial charge in [-0.1, -0.05) is 29.8 Å². The van der Waals surface area contributed by atoms with Crippen molar-refractivity contribution in [1.29, 1.82) is 0 Å². The van der Waals surface area contributed by atoms with E-state index in [2.05, 4.69) is 0 Å². The van der Waals surface area contributed by atoms with Crippen LogP contribution in [0.3, 0.4) is 0 Å². The molecule has 2 aromatic carbocycles. The zero-order chi connectivity index (χ0) is 14.8. The van der Waals surface area contributed by atoms with Crippen molar-refractivity contribution in [3.63, 3.8) is 0 Å². The molecule has 0 amide bonds. The van der Waals surface area contributed by atoms with Crippen LogP contribution in [-0.4, -0.2) is 19.5 Å². The molecule has 0 spiro atoms. The summed E-state index contributed by atoms with van der Waals surface area (Å²) in [5.74, 6) is -1.14. The van der Waals surface area contributed by atoms with Crippen molar-refractivity contribution < 1.29 is 22.5 Å². The summed E-state index contributed by atoms with van der Waals surface area (Å²) < 4.78 is 29.1. The number of aromatic carboxylic acids is 1. The van der Waals surface area contributed by atoms with Gasteiger partial charge in [0.15, 0.2) is 0 Å². The Morgan fingerprint density at radius 1 is 1.10 bits per heavy atom. The molecule has 0 radical (unpaired) electrons. The van der Waals surface area contributed by atoms with E-state index in [1.807, 2.05) is 0 Å². The van der Waals surface area contributed by atoms with E-state index in [1.54, 1.807) is 18.2 Å². The van der Waals surface area contributed by atoms with Gasteiger partial charge in [0.2, 0.25) is 0 Å². The topological polar surface area (TPSA) is 80.7 Å². The maximum absolute atomic E-state index is 12.1. The van der Waals surface area contributed by atoms with Crippen molar-refractivity contribution in [2.45, 2.75) is 4.90 Å². The number of carbonyl (C=O) groups is 1. The van der Waals surface area contributed by atoms with Crippen LogP contribution in [0.4, 0.5) is 0 Å². The summed E-state index contributed by atoms with van der Waals surface area (Å²) in [6, 6.07) is 11.2. The van der Waals surface area contributed by atoms with Gasteiger partial charge in [-0.3, -0.25) is 0 Å². The van der Waals surface area contributed by atoms with Crippen molar-refractivity contribution in [2.24, 2.45) is 0 Å². The minimum absolute atomic E-state index is 0.106. The van der Waals surface area contributed by atoms with Gasteiger partial charge in [-0.15, -0.1) is 0 Å². The van der Waals surface area contributed by atoms with E-state index >= 15 is 0 Å². The van der Waals surface area contributed by atoms with Gasteiger partial charge in [0.05, 0.1) is 10.6 Å². The largest absolute Gasteiger partial charge is 0.478 e. The monoisotopic (exact) mass is 312 g/mol. The van der Waals surface area contributed by atoms with Crippen LogP contribution in [0.25, 0.3) is 0 Å². The molecule has 0 fully saturated rings. The van der Waals surface area contributed by atoms with Crippen molar-refractivity contribution >= 4 is 27.7 Å². The summed E-state index contributed by atoms with van der Waals surface area (Å²) in [5.41, 5.74) is -0.190. The molecule has 5 nitrogen and oxygen atoms in total. The molecular weight excluding hydrogens is 304 g/mol. The van der Waals surface area contributed by atoms with Crippen molar-refractivity contribution in [3.8, 4) is 5.75 Å². The molecule has 0 aromatic heterocycles. The molecule has 0 heterocycles. The summed E-state index contributed by atoms with van der Waals surface area (Å²) in [4.78, 5) is 10.5. The van der Waals surface area contributed by atoms with Gasteiger partial charge in [0, 0.05) is 0 Å². The molecule has 0 saturated heterocycles. The number of carboxylic acid groups (broad SMARTS) is 1. The van der Waals surface area contributed by atoms with Crippen molar-refractivity contribution in [2.75, 3.05) is 0 Å². The fourth-order valence-corrected chi connectivity index (χ4v) is 2.91. The third kappa shape index (κ3) is 3.09. The molecule has 20 heavy (non-hydrogen) atoms. The van der Waals surface area contributed by atoms with Crippen molar-refractivity contribution in [1.82, 2.24) is 0 Å². The minimum atomic E-state index is -4.20. The second-order valence-electron chi connectivity index (χ2n) is 3.80. The molecule has 0 aliphatic carbocycles. The standard InChI is InChI=1S/C13H9ClO5S/c14-11-7-6-9(13(15)16)8-12(11)20(17,18)19-10-4-2-1-3-5-10/h1-8H,(H,15,16). The molecule has 0 bridgehead atoms. The molecule has 104 valence electrons. The molecule has 0 unspecified atom stereocenters. The van der Waals surface area contributed by atoms with E-state index in [-0.39, 0.29) is 21.2 Å². The number of rotatable bonds is 4. The molecule has 0 saturated carbocycles. The highest BCUT2D eigenvalue weighted by Crippen LogP contribution is 2.26. The van der Waals surface area contributed by atoms with Crippen molar-refractivity contribution in [3.05, 3.63) is 59.1 Å². The van der Waals surface area contributed by atoms with Crippen LogP contribution in [0.2, 0.25) is 5.02 Å². The summed E-state index contributed by atoms with van der Waals surface area (Å²) in [6.07, 6.45) is 0. The fourth-order valence-electron chi connectivity index (χ4n) is 1.48. The van der Waals surface area contributed by atoms with Crippen LogP contribution in [0.1, 0.15) is 10.4 Å². The number of benzene rings is 2. The zero-order valence-corrected chi connectivity index (χ0v) is 11.6. The van der Waals surface area contributed by atoms with Gasteiger partial charge in [-0.2, -0.15) is 8.42 Å². The Kier molecular flexibility index (Phi) is 3.96. The lowest BCUT2D eigenvalue weighted by atomic mass is 10.2. The first kappa shape index (κ1) is 14.4. The number of halogens is 1. The van der Waals surface area contributed by atoms with Gasteiger partial charge < -0.3 is 9.29 Å². The number of hydrogen-bond donors (Lipinski definition) is 1. The van der Waals surface area contributed by atoms with Crippen LogP contribution in [0.15, 0.2) is 53.4 Å². The maximum Gasteiger partial charge on any atom is 0.340 e. The normalized spacial score (nSPS) is 11.1. The van der Waals surface area contributed by atoms with Gasteiger partial charge in [0.1, 0.15) is 10.6 Å². The van der Waals surface area contributed by atoms with Crippen LogP contribution < -0.4 is 4.18 Å². The van der Waals surface area contributed by atoms with Crippen LogP contribution in [-0.2, 0) is 10.1 Å². The van der Waals surface area contributed by atoms with Crippen LogP contribution in [0, 0.1) is 0 Å². The quantitative estimate of drug-likeness (QED) is 0.878. The molecule has 2 aromatic rings. The first-order valence-electron chi connectivity index (χ1n) is 5.42. The first-order chi connectivity index (χ1) is 9.40. The third-order valence-electron chi connectivity index (χ3n) is 2.40. The maximum atomic E-state index is 12.1. The average molecular weight is 313 g/mol. The lowest BCUT2D eigenvalue weighted by Crippen LogP contribution is -2.11. The highest BCUT2D eigenvalue weighted by atomic mass is 35.5. The molecule has 0 atom stereocenters. The highest BCUT2D eigenvalue weighted by Gasteiger charge is 2.22. The Hall–Kier alpha value is -2.05. The van der Waals surface area contributed by atoms with E-state index in [0.717, 1.165) is 6.07 Å². The number of carboxylic acids is 1. The van der Waals surface area contributed by atoms with Crippen LogP contribution in [0.5, 0.6) is 5.75 Å². The predicted molar refractivity (Wildman–Crippen MR) is 72.7 cm³/mol. The van der Waals surface area contributed by atoms with E-state index < -0.39 is 16.1 Å². The van der Waals surface area contributed by atoms with E-state index in [1.165, 1.54) is 24.3 Å². The van der Waals surface area contributed by atoms with Gasteiger partial charge in [-0.05, 0) is 30.3 Å². The molecule has 7 heteroatoms. The Balaban J connectivity index is 2.44. The molecule has 0 aliphatic rings. The zero-order valence-electron chi connectivity index (χ0n) is 9.99. The Morgan fingerprint density at radius 2 is 1.75 bits per heavy atom. The summed E-state index contributed by atoms with van der Waals surface area (Å²) in [7, 11) is -4.20. The number of hydrogen-bond acceptors (Lipinski definition) is 4. The SMILES string of the molecule is O=C(O)c1ccc(Cl)c(S(=O)(=O)Oc2ccccc2)c1. The third-order valence-corrected chi connectivity index (χ3v) is 4.13. The Bertz CT molecular complexity index is 741. The predicted octanol–water partition coefficient (Wildman–Crippen LogP) is 2.81. The molecule has 0 aliphatic heterocycles. The second kappa shape index (κ2) is 5.52. The Morgan fingerprint density at radius 3 is 2.35 bits per heavy atom. The van der Waals surface area contributed by atoms with Gasteiger partial charge >= 0.3 is 16.1 Å². The minimum Gasteiger partial charge on any atom is -0.478 e. The Labute approximate surface area is 120 Å². The lowest BCUT2D eigenvalue weighted by Gasteiger charge is -2.09. The van der Waals surface area contributed by atoms with E-state index in [4.69, 9.17) is 20.9 Å². The van der Waals surface area contributed by atoms with E-state index in [9.17, 15) is 13.2 Å². The molecule has 2 rings (SSSR count). The average Bonchev–Trinajstić information content (AvgIpc) is 2.39. The first-order valence-corrected chi connectivity index (χ1v) is 7.21. The van der Waals surface area contributed by atoms with Gasteiger partial charge in [-0.25, -0.2) is 4.79 Å². The highest BCUT2D eigenvalue weighted by molar-refractivity contribution is 7.87. The smallest absolute Gasteiger partial charge is 0.340 e. The second-order valence-corrected chi connectivity index (χ2v) is 5.72. The summed E-state index contributed by atoms with van der Waals surface area (Å²) >= 11 is 5.80. The molecular formula is C13H9ClO5S. The van der Waals surface area contributed by atoms with Gasteiger partial charge in [0.25, 0.3) is 0 Å². The summed E-state index contributed by atoms with van der Waals surface area (Å²) in [5, 5.41) is 8.77. The molecule has 1 N–H and O–H groups in total. The van der Waals surface area contributed by atoms with E-state index in [0.29, 0.717) is 0 Å². The lowest BCUT2D eigenvalue weighted by molar-refractivity contribution is 0.0696.